The zero-order chi connectivity index (χ0) is 13.4. The highest BCUT2D eigenvalue weighted by atomic mass is 16.4. The summed E-state index contributed by atoms with van der Waals surface area (Å²) in [6, 6.07) is 5.82. The van der Waals surface area contributed by atoms with Gasteiger partial charge in [-0.2, -0.15) is 0 Å². The average Bonchev–Trinajstić information content (AvgIpc) is 2.41. The van der Waals surface area contributed by atoms with E-state index in [-0.39, 0.29) is 11.1 Å². The van der Waals surface area contributed by atoms with E-state index in [4.69, 9.17) is 10.8 Å². The van der Waals surface area contributed by atoms with Crippen molar-refractivity contribution in [3.63, 3.8) is 0 Å². The second-order valence-corrected chi connectivity index (χ2v) is 4.34. The minimum absolute atomic E-state index is 0.0324. The van der Waals surface area contributed by atoms with Crippen molar-refractivity contribution in [2.45, 2.75) is 38.5 Å². The first kappa shape index (κ1) is 14.2. The molecule has 2 rings (SSSR count). The predicted molar refractivity (Wildman–Crippen MR) is 69.6 cm³/mol. The zero-order valence-electron chi connectivity index (χ0n) is 10.4. The average molecular weight is 249 g/mol. The Bertz CT molecular complexity index is 367. The Hall–Kier alpha value is -1.84. The van der Waals surface area contributed by atoms with Crippen LogP contribution in [-0.4, -0.2) is 17.0 Å². The first-order valence-corrected chi connectivity index (χ1v) is 6.25. The number of carbonyl (C=O) groups is 2. The molecule has 18 heavy (non-hydrogen) atoms. The molecular formula is C14H19NO3. The molecule has 4 heteroatoms. The summed E-state index contributed by atoms with van der Waals surface area (Å²) in [5.74, 6) is -1.88. The first-order valence-electron chi connectivity index (χ1n) is 6.25. The first-order chi connectivity index (χ1) is 8.63. The topological polar surface area (TPSA) is 80.4 Å². The highest BCUT2D eigenvalue weighted by Gasteiger charge is 2.11. The van der Waals surface area contributed by atoms with E-state index in [0.717, 1.165) is 0 Å². The van der Waals surface area contributed by atoms with Gasteiger partial charge < -0.3 is 10.8 Å². The largest absolute Gasteiger partial charge is 0.478 e. The van der Waals surface area contributed by atoms with Gasteiger partial charge in [0, 0.05) is 0 Å². The lowest BCUT2D eigenvalue weighted by Gasteiger charge is -2.05. The van der Waals surface area contributed by atoms with Gasteiger partial charge in [0.05, 0.1) is 11.1 Å². The molecule has 1 saturated carbocycles. The molecule has 3 N–H and O–H groups in total. The van der Waals surface area contributed by atoms with Crippen LogP contribution in [0.25, 0.3) is 0 Å². The third-order valence-electron chi connectivity index (χ3n) is 2.92. The molecule has 0 atom stereocenters. The van der Waals surface area contributed by atoms with Crippen molar-refractivity contribution in [3.05, 3.63) is 35.4 Å². The van der Waals surface area contributed by atoms with Crippen molar-refractivity contribution in [1.82, 2.24) is 0 Å². The summed E-state index contributed by atoms with van der Waals surface area (Å²) in [6.45, 7) is 0. The monoisotopic (exact) mass is 249 g/mol. The molecule has 0 spiro atoms. The third kappa shape index (κ3) is 4.57. The number of carbonyl (C=O) groups excluding carboxylic acids is 1. The van der Waals surface area contributed by atoms with Gasteiger partial charge in [0.25, 0.3) is 0 Å². The number of amides is 1. The maximum absolute atomic E-state index is 10.7. The Kier molecular flexibility index (Phi) is 5.91. The molecule has 1 aliphatic rings. The SMILES string of the molecule is C1CCCCC1.NC(=O)c1ccccc1C(=O)O. The predicted octanol–water partition coefficient (Wildman–Crippen LogP) is 2.82. The Morgan fingerprint density at radius 2 is 1.28 bits per heavy atom. The minimum atomic E-state index is -1.15. The van der Waals surface area contributed by atoms with Crippen LogP contribution >= 0.6 is 0 Å². The third-order valence-corrected chi connectivity index (χ3v) is 2.92. The number of primary amides is 1. The molecule has 0 aromatic heterocycles. The Morgan fingerprint density at radius 1 is 0.889 bits per heavy atom. The second kappa shape index (κ2) is 7.48. The van der Waals surface area contributed by atoms with Gasteiger partial charge in [-0.05, 0) is 12.1 Å². The number of aromatic carboxylic acids is 1. The Morgan fingerprint density at radius 3 is 1.56 bits per heavy atom. The molecule has 1 aromatic rings. The van der Waals surface area contributed by atoms with Crippen LogP contribution in [0.5, 0.6) is 0 Å². The fourth-order valence-corrected chi connectivity index (χ4v) is 1.95. The van der Waals surface area contributed by atoms with Gasteiger partial charge in [0.15, 0.2) is 0 Å². The number of benzene rings is 1. The van der Waals surface area contributed by atoms with Crippen LogP contribution in [0, 0.1) is 0 Å². The molecule has 1 amide bonds. The fourth-order valence-electron chi connectivity index (χ4n) is 1.95. The number of carboxylic acids is 1. The van der Waals surface area contributed by atoms with Gasteiger partial charge in [-0.25, -0.2) is 4.79 Å². The normalized spacial score (nSPS) is 14.2. The lowest BCUT2D eigenvalue weighted by atomic mass is 10.0. The van der Waals surface area contributed by atoms with Gasteiger partial charge >= 0.3 is 5.97 Å². The Balaban J connectivity index is 0.000000225. The van der Waals surface area contributed by atoms with Crippen LogP contribution in [0.2, 0.25) is 0 Å². The van der Waals surface area contributed by atoms with Gasteiger partial charge in [-0.3, -0.25) is 4.79 Å². The van der Waals surface area contributed by atoms with Crippen molar-refractivity contribution in [3.8, 4) is 0 Å². The van der Waals surface area contributed by atoms with E-state index in [2.05, 4.69) is 0 Å². The van der Waals surface area contributed by atoms with E-state index in [1.54, 1.807) is 6.07 Å². The van der Waals surface area contributed by atoms with Crippen LogP contribution in [0.4, 0.5) is 0 Å². The van der Waals surface area contributed by atoms with E-state index >= 15 is 0 Å². The van der Waals surface area contributed by atoms with E-state index in [1.165, 1.54) is 56.7 Å². The summed E-state index contributed by atoms with van der Waals surface area (Å²) in [4.78, 5) is 21.2. The summed E-state index contributed by atoms with van der Waals surface area (Å²) in [5.41, 5.74) is 4.92. The zero-order valence-corrected chi connectivity index (χ0v) is 10.4. The molecule has 0 bridgehead atoms. The van der Waals surface area contributed by atoms with Crippen molar-refractivity contribution >= 4 is 11.9 Å². The van der Waals surface area contributed by atoms with E-state index in [9.17, 15) is 9.59 Å². The molecule has 0 radical (unpaired) electrons. The number of rotatable bonds is 2. The highest BCUT2D eigenvalue weighted by Crippen LogP contribution is 2.15. The van der Waals surface area contributed by atoms with E-state index < -0.39 is 11.9 Å². The number of nitrogens with two attached hydrogens (primary N) is 1. The number of hydrogen-bond acceptors (Lipinski definition) is 2. The van der Waals surface area contributed by atoms with Crippen LogP contribution in [0.1, 0.15) is 59.2 Å². The van der Waals surface area contributed by atoms with Crippen LogP contribution < -0.4 is 5.73 Å². The standard InChI is InChI=1S/C8H7NO3.C6H12/c9-7(10)5-3-1-2-4-6(5)8(11)12;1-2-4-6-5-3-1/h1-4H,(H2,9,10)(H,11,12);1-6H2. The molecule has 0 unspecified atom stereocenters. The van der Waals surface area contributed by atoms with Gasteiger partial charge in [-0.15, -0.1) is 0 Å². The summed E-state index contributed by atoms with van der Waals surface area (Å²) in [7, 11) is 0. The molecule has 1 aliphatic carbocycles. The second-order valence-electron chi connectivity index (χ2n) is 4.34. The minimum Gasteiger partial charge on any atom is -0.478 e. The summed E-state index contributed by atoms with van der Waals surface area (Å²) < 4.78 is 0. The molecule has 98 valence electrons. The fraction of sp³-hybridized carbons (Fsp3) is 0.429. The van der Waals surface area contributed by atoms with Crippen LogP contribution in [-0.2, 0) is 0 Å². The quantitative estimate of drug-likeness (QED) is 0.845. The van der Waals surface area contributed by atoms with Crippen molar-refractivity contribution < 1.29 is 14.7 Å². The maximum atomic E-state index is 10.7. The van der Waals surface area contributed by atoms with Crippen molar-refractivity contribution in [2.75, 3.05) is 0 Å². The van der Waals surface area contributed by atoms with Crippen molar-refractivity contribution in [2.24, 2.45) is 5.73 Å². The molecule has 0 aliphatic heterocycles. The summed E-state index contributed by atoms with van der Waals surface area (Å²) in [5, 5.41) is 8.61. The number of hydrogen-bond donors (Lipinski definition) is 2. The summed E-state index contributed by atoms with van der Waals surface area (Å²) >= 11 is 0. The molecule has 1 fully saturated rings. The van der Waals surface area contributed by atoms with E-state index in [0.29, 0.717) is 0 Å². The highest BCUT2D eigenvalue weighted by molar-refractivity contribution is 6.03. The molecule has 1 aromatic carbocycles. The van der Waals surface area contributed by atoms with Gasteiger partial charge in [0.2, 0.25) is 5.91 Å². The van der Waals surface area contributed by atoms with Crippen LogP contribution in [0.3, 0.4) is 0 Å². The summed E-state index contributed by atoms with van der Waals surface area (Å²) in [6.07, 6.45) is 9.00. The van der Waals surface area contributed by atoms with Gasteiger partial charge in [0.1, 0.15) is 0 Å². The lowest BCUT2D eigenvalue weighted by molar-refractivity contribution is 0.0692. The molecule has 4 nitrogen and oxygen atoms in total. The lowest BCUT2D eigenvalue weighted by Crippen LogP contribution is -2.15. The molecular weight excluding hydrogens is 230 g/mol. The smallest absolute Gasteiger partial charge is 0.336 e. The maximum Gasteiger partial charge on any atom is 0.336 e. The Labute approximate surface area is 107 Å². The molecule has 0 saturated heterocycles. The van der Waals surface area contributed by atoms with Gasteiger partial charge in [-0.1, -0.05) is 50.7 Å². The molecule has 0 heterocycles. The van der Waals surface area contributed by atoms with E-state index in [1.807, 2.05) is 0 Å². The van der Waals surface area contributed by atoms with Crippen LogP contribution in [0.15, 0.2) is 24.3 Å². The van der Waals surface area contributed by atoms with Crippen molar-refractivity contribution in [1.29, 1.82) is 0 Å². The number of carboxylic acid groups (broad SMARTS) is 1.